The van der Waals surface area contributed by atoms with Gasteiger partial charge in [-0.3, -0.25) is 4.90 Å². The maximum atomic E-state index is 9.36. The average molecular weight is 247 g/mol. The van der Waals surface area contributed by atoms with Crippen LogP contribution in [0.15, 0.2) is 24.3 Å². The Balaban J connectivity index is 1.68. The summed E-state index contributed by atoms with van der Waals surface area (Å²) < 4.78 is 0. The summed E-state index contributed by atoms with van der Waals surface area (Å²) in [5.74, 6) is 0. The molecule has 1 aromatic rings. The first-order valence-electron chi connectivity index (χ1n) is 6.82. The van der Waals surface area contributed by atoms with Crippen molar-refractivity contribution in [3.8, 4) is 0 Å². The zero-order chi connectivity index (χ0) is 12.8. The molecule has 0 aliphatic carbocycles. The molecule has 0 amide bonds. The van der Waals surface area contributed by atoms with Crippen LogP contribution in [0.3, 0.4) is 0 Å². The van der Waals surface area contributed by atoms with Crippen LogP contribution in [0.5, 0.6) is 0 Å². The van der Waals surface area contributed by atoms with Crippen molar-refractivity contribution in [2.24, 2.45) is 0 Å². The Morgan fingerprint density at radius 2 is 1.78 bits per heavy atom. The molecule has 1 saturated heterocycles. The summed E-state index contributed by atoms with van der Waals surface area (Å²) in [6.07, 6.45) is 0.905. The van der Waals surface area contributed by atoms with E-state index in [9.17, 15) is 5.11 Å². The van der Waals surface area contributed by atoms with Crippen molar-refractivity contribution in [1.29, 1.82) is 0 Å². The lowest BCUT2D eigenvalue weighted by Gasteiger charge is -2.35. The summed E-state index contributed by atoms with van der Waals surface area (Å²) in [6.45, 7) is 8.19. The highest BCUT2D eigenvalue weighted by Crippen LogP contribution is 2.05. The van der Waals surface area contributed by atoms with Crippen LogP contribution >= 0.6 is 0 Å². The number of hydrogen-bond donors (Lipinski definition) is 1. The number of rotatable bonds is 5. The van der Waals surface area contributed by atoms with Crippen LogP contribution in [-0.4, -0.2) is 60.3 Å². The van der Waals surface area contributed by atoms with Crippen LogP contribution in [-0.2, 0) is 6.42 Å². The molecule has 1 aromatic carbocycles. The van der Waals surface area contributed by atoms with E-state index in [1.807, 2.05) is 19.1 Å². The summed E-state index contributed by atoms with van der Waals surface area (Å²) in [5, 5.41) is 9.36. The molecular weight excluding hydrogens is 224 g/mol. The van der Waals surface area contributed by atoms with Gasteiger partial charge in [0, 0.05) is 39.3 Å². The van der Waals surface area contributed by atoms with E-state index in [-0.39, 0.29) is 6.10 Å². The van der Waals surface area contributed by atoms with Crippen molar-refractivity contribution in [1.82, 2.24) is 9.80 Å². The standard InChI is InChI=1S/C15H23N2O/c1-14(18)13-17-11-9-16(10-12-17)8-7-15-5-3-2-4-6-15/h3-6,14,18H,7-13H2,1H3. The second kappa shape index (κ2) is 6.88. The quantitative estimate of drug-likeness (QED) is 0.842. The van der Waals surface area contributed by atoms with Crippen LogP contribution in [0.1, 0.15) is 12.5 Å². The highest BCUT2D eigenvalue weighted by molar-refractivity contribution is 5.14. The van der Waals surface area contributed by atoms with Gasteiger partial charge in [-0.05, 0) is 25.0 Å². The van der Waals surface area contributed by atoms with Gasteiger partial charge >= 0.3 is 0 Å². The lowest BCUT2D eigenvalue weighted by molar-refractivity contribution is 0.0813. The van der Waals surface area contributed by atoms with E-state index in [4.69, 9.17) is 0 Å². The largest absolute Gasteiger partial charge is 0.392 e. The fraction of sp³-hybridized carbons (Fsp3) is 0.600. The Labute approximate surface area is 110 Å². The smallest absolute Gasteiger partial charge is 0.0639 e. The first-order valence-corrected chi connectivity index (χ1v) is 6.82. The number of aliphatic hydroxyl groups is 1. The Hall–Kier alpha value is -0.900. The number of benzene rings is 1. The Bertz CT molecular complexity index is 332. The highest BCUT2D eigenvalue weighted by atomic mass is 16.3. The van der Waals surface area contributed by atoms with Crippen LogP contribution in [0.2, 0.25) is 0 Å². The molecule has 1 atom stereocenters. The van der Waals surface area contributed by atoms with Gasteiger partial charge < -0.3 is 10.0 Å². The van der Waals surface area contributed by atoms with E-state index in [0.29, 0.717) is 0 Å². The number of hydrogen-bond acceptors (Lipinski definition) is 3. The van der Waals surface area contributed by atoms with Crippen molar-refractivity contribution in [3.63, 3.8) is 0 Å². The SMILES string of the molecule is CC(O)CN1CCN(CCc2cc[c]cc2)CC1. The second-order valence-electron chi connectivity index (χ2n) is 5.15. The fourth-order valence-corrected chi connectivity index (χ4v) is 2.44. The average Bonchev–Trinajstić information content (AvgIpc) is 2.38. The van der Waals surface area contributed by atoms with Gasteiger partial charge in [0.1, 0.15) is 0 Å². The van der Waals surface area contributed by atoms with E-state index < -0.39 is 0 Å². The monoisotopic (exact) mass is 247 g/mol. The number of piperazine rings is 1. The van der Waals surface area contributed by atoms with Crippen molar-refractivity contribution in [3.05, 3.63) is 35.9 Å². The molecule has 99 valence electrons. The Morgan fingerprint density at radius 1 is 1.17 bits per heavy atom. The number of β-amino-alcohol motifs (C(OH)–C–C–N with tert-alkyl or cyclic N) is 1. The van der Waals surface area contributed by atoms with E-state index in [0.717, 1.165) is 45.7 Å². The first kappa shape index (κ1) is 13.5. The van der Waals surface area contributed by atoms with Gasteiger partial charge in [-0.1, -0.05) is 24.3 Å². The molecule has 1 aliphatic heterocycles. The summed E-state index contributed by atoms with van der Waals surface area (Å²) in [6, 6.07) is 11.3. The van der Waals surface area contributed by atoms with Gasteiger partial charge in [0.05, 0.1) is 6.10 Å². The molecule has 1 unspecified atom stereocenters. The van der Waals surface area contributed by atoms with Gasteiger partial charge in [0.25, 0.3) is 0 Å². The summed E-state index contributed by atoms with van der Waals surface area (Å²) in [4.78, 5) is 4.86. The van der Waals surface area contributed by atoms with Crippen molar-refractivity contribution < 1.29 is 5.11 Å². The molecule has 18 heavy (non-hydrogen) atoms. The van der Waals surface area contributed by atoms with Crippen LogP contribution in [0.4, 0.5) is 0 Å². The minimum absolute atomic E-state index is 0.211. The first-order chi connectivity index (χ1) is 8.74. The van der Waals surface area contributed by atoms with Crippen LogP contribution in [0, 0.1) is 6.07 Å². The maximum Gasteiger partial charge on any atom is 0.0639 e. The molecular formula is C15H23N2O. The third-order valence-electron chi connectivity index (χ3n) is 3.49. The van der Waals surface area contributed by atoms with E-state index in [2.05, 4.69) is 28.0 Å². The molecule has 0 aromatic heterocycles. The van der Waals surface area contributed by atoms with Crippen molar-refractivity contribution in [2.75, 3.05) is 39.3 Å². The van der Waals surface area contributed by atoms with E-state index in [1.54, 1.807) is 0 Å². The molecule has 1 N–H and O–H groups in total. The normalized spacial score (nSPS) is 19.9. The number of nitrogens with zero attached hydrogens (tertiary/aromatic N) is 2. The van der Waals surface area contributed by atoms with Gasteiger partial charge in [0.15, 0.2) is 0 Å². The molecule has 1 aliphatic rings. The molecule has 1 fully saturated rings. The molecule has 0 saturated carbocycles. The van der Waals surface area contributed by atoms with Gasteiger partial charge in [0.2, 0.25) is 0 Å². The molecule has 1 radical (unpaired) electrons. The minimum Gasteiger partial charge on any atom is -0.392 e. The second-order valence-corrected chi connectivity index (χ2v) is 5.15. The summed E-state index contributed by atoms with van der Waals surface area (Å²) >= 11 is 0. The molecule has 2 rings (SSSR count). The molecule has 0 spiro atoms. The third-order valence-corrected chi connectivity index (χ3v) is 3.49. The van der Waals surface area contributed by atoms with Crippen molar-refractivity contribution >= 4 is 0 Å². The molecule has 3 nitrogen and oxygen atoms in total. The van der Waals surface area contributed by atoms with Gasteiger partial charge in [-0.2, -0.15) is 0 Å². The fourth-order valence-electron chi connectivity index (χ4n) is 2.44. The van der Waals surface area contributed by atoms with Crippen LogP contribution in [0.25, 0.3) is 0 Å². The lowest BCUT2D eigenvalue weighted by atomic mass is 10.1. The lowest BCUT2D eigenvalue weighted by Crippen LogP contribution is -2.48. The topological polar surface area (TPSA) is 26.7 Å². The van der Waals surface area contributed by atoms with Crippen molar-refractivity contribution in [2.45, 2.75) is 19.4 Å². The molecule has 1 heterocycles. The van der Waals surface area contributed by atoms with Gasteiger partial charge in [-0.25, -0.2) is 0 Å². The van der Waals surface area contributed by atoms with E-state index in [1.165, 1.54) is 5.56 Å². The highest BCUT2D eigenvalue weighted by Gasteiger charge is 2.17. The third kappa shape index (κ3) is 4.41. The molecule has 3 heteroatoms. The van der Waals surface area contributed by atoms with Gasteiger partial charge in [-0.15, -0.1) is 0 Å². The number of aliphatic hydroxyl groups excluding tert-OH is 1. The zero-order valence-electron chi connectivity index (χ0n) is 11.2. The van der Waals surface area contributed by atoms with E-state index >= 15 is 0 Å². The van der Waals surface area contributed by atoms with Crippen LogP contribution < -0.4 is 0 Å². The maximum absolute atomic E-state index is 9.36. The minimum atomic E-state index is -0.211. The zero-order valence-corrected chi connectivity index (χ0v) is 11.2. The summed E-state index contributed by atoms with van der Waals surface area (Å²) in [5.41, 5.74) is 1.39. The molecule has 0 bridgehead atoms. The summed E-state index contributed by atoms with van der Waals surface area (Å²) in [7, 11) is 0. The Kier molecular flexibility index (Phi) is 5.17. The Morgan fingerprint density at radius 3 is 2.39 bits per heavy atom. The predicted octanol–water partition coefficient (Wildman–Crippen LogP) is 1.03. The predicted molar refractivity (Wildman–Crippen MR) is 73.5 cm³/mol.